The minimum atomic E-state index is 0.198. The molecule has 0 unspecified atom stereocenters. The fourth-order valence-corrected chi connectivity index (χ4v) is 1.55. The van der Waals surface area contributed by atoms with Crippen molar-refractivity contribution in [3.8, 4) is 0 Å². The maximum Gasteiger partial charge on any atom is 0.236 e. The number of carbonyl (C=O) groups excluding carboxylic acids is 1. The van der Waals surface area contributed by atoms with E-state index in [-0.39, 0.29) is 5.91 Å². The third-order valence-electron chi connectivity index (χ3n) is 2.56. The van der Waals surface area contributed by atoms with E-state index in [0.717, 1.165) is 38.3 Å². The van der Waals surface area contributed by atoms with E-state index in [9.17, 15) is 4.79 Å². The molecule has 1 aliphatic rings. The van der Waals surface area contributed by atoms with Gasteiger partial charge in [0.25, 0.3) is 0 Å². The fourth-order valence-electron chi connectivity index (χ4n) is 1.55. The number of amides is 1. The minimum Gasteiger partial charge on any atom is -0.339 e. The summed E-state index contributed by atoms with van der Waals surface area (Å²) in [6.07, 6.45) is 0. The van der Waals surface area contributed by atoms with Gasteiger partial charge in [0.05, 0.1) is 6.54 Å². The zero-order valence-electron chi connectivity index (χ0n) is 9.75. The summed E-state index contributed by atoms with van der Waals surface area (Å²) in [7, 11) is 2.08. The third-order valence-corrected chi connectivity index (χ3v) is 2.56. The summed E-state index contributed by atoms with van der Waals surface area (Å²) in [6.45, 7) is 10.5. The quantitative estimate of drug-likeness (QED) is 0.661. The molecule has 0 bridgehead atoms. The maximum absolute atomic E-state index is 11.7. The lowest BCUT2D eigenvalue weighted by atomic mass is 10.3. The van der Waals surface area contributed by atoms with Crippen LogP contribution < -0.4 is 5.32 Å². The molecule has 0 aromatic heterocycles. The molecule has 4 nitrogen and oxygen atoms in total. The molecule has 0 aromatic carbocycles. The zero-order valence-corrected chi connectivity index (χ0v) is 9.75. The summed E-state index contributed by atoms with van der Waals surface area (Å²) in [6, 6.07) is 0. The van der Waals surface area contributed by atoms with Crippen LogP contribution in [0.3, 0.4) is 0 Å². The van der Waals surface area contributed by atoms with Crippen molar-refractivity contribution in [1.29, 1.82) is 0 Å². The largest absolute Gasteiger partial charge is 0.339 e. The third kappa shape index (κ3) is 4.44. The van der Waals surface area contributed by atoms with Gasteiger partial charge in [-0.1, -0.05) is 12.2 Å². The van der Waals surface area contributed by atoms with Crippen LogP contribution >= 0.6 is 0 Å². The van der Waals surface area contributed by atoms with Gasteiger partial charge >= 0.3 is 0 Å². The van der Waals surface area contributed by atoms with E-state index in [2.05, 4.69) is 23.8 Å². The van der Waals surface area contributed by atoms with Crippen LogP contribution in [0.5, 0.6) is 0 Å². The van der Waals surface area contributed by atoms with Crippen LogP contribution in [0.15, 0.2) is 12.2 Å². The van der Waals surface area contributed by atoms with Gasteiger partial charge in [0.1, 0.15) is 0 Å². The number of carbonyl (C=O) groups is 1. The standard InChI is InChI=1S/C11H21N3O/c1-10(2)8-12-9-11(15)14-6-4-13(3)5-7-14/h12H,1,4-9H2,2-3H3. The lowest BCUT2D eigenvalue weighted by molar-refractivity contribution is -0.131. The number of nitrogens with zero attached hydrogens (tertiary/aromatic N) is 2. The smallest absolute Gasteiger partial charge is 0.236 e. The molecule has 1 saturated heterocycles. The first-order chi connectivity index (χ1) is 7.09. The highest BCUT2D eigenvalue weighted by atomic mass is 16.2. The maximum atomic E-state index is 11.7. The summed E-state index contributed by atoms with van der Waals surface area (Å²) >= 11 is 0. The molecule has 1 amide bonds. The predicted molar refractivity (Wildman–Crippen MR) is 61.8 cm³/mol. The Morgan fingerprint density at radius 2 is 1.87 bits per heavy atom. The second-order valence-electron chi connectivity index (χ2n) is 4.24. The Morgan fingerprint density at radius 1 is 1.27 bits per heavy atom. The molecule has 4 heteroatoms. The van der Waals surface area contributed by atoms with Crippen LogP contribution in [-0.4, -0.2) is 62.0 Å². The fraction of sp³-hybridized carbons (Fsp3) is 0.727. The summed E-state index contributed by atoms with van der Waals surface area (Å²) < 4.78 is 0. The normalized spacial score (nSPS) is 17.9. The Balaban J connectivity index is 2.19. The zero-order chi connectivity index (χ0) is 11.3. The molecule has 0 radical (unpaired) electrons. The molecule has 86 valence electrons. The highest BCUT2D eigenvalue weighted by Crippen LogP contribution is 1.98. The van der Waals surface area contributed by atoms with Crippen LogP contribution in [0.4, 0.5) is 0 Å². The van der Waals surface area contributed by atoms with Gasteiger partial charge in [-0.05, 0) is 14.0 Å². The number of rotatable bonds is 4. The number of hydrogen-bond acceptors (Lipinski definition) is 3. The molecule has 1 heterocycles. The van der Waals surface area contributed by atoms with E-state index in [1.54, 1.807) is 0 Å². The monoisotopic (exact) mass is 211 g/mol. The van der Waals surface area contributed by atoms with Crippen molar-refractivity contribution in [3.63, 3.8) is 0 Å². The summed E-state index contributed by atoms with van der Waals surface area (Å²) in [5.74, 6) is 0.198. The van der Waals surface area contributed by atoms with Crippen molar-refractivity contribution in [3.05, 3.63) is 12.2 Å². The molecule has 1 aliphatic heterocycles. The van der Waals surface area contributed by atoms with Gasteiger partial charge in [0, 0.05) is 32.7 Å². The van der Waals surface area contributed by atoms with Crippen molar-refractivity contribution >= 4 is 5.91 Å². The molecule has 1 rings (SSSR count). The number of hydrogen-bond donors (Lipinski definition) is 1. The molecule has 15 heavy (non-hydrogen) atoms. The molecular weight excluding hydrogens is 190 g/mol. The Morgan fingerprint density at radius 3 is 2.40 bits per heavy atom. The second-order valence-corrected chi connectivity index (χ2v) is 4.24. The van der Waals surface area contributed by atoms with Gasteiger partial charge in [0.2, 0.25) is 5.91 Å². The highest BCUT2D eigenvalue weighted by Gasteiger charge is 2.17. The minimum absolute atomic E-state index is 0.198. The Bertz CT molecular complexity index is 232. The van der Waals surface area contributed by atoms with Gasteiger partial charge in [-0.25, -0.2) is 0 Å². The van der Waals surface area contributed by atoms with Gasteiger partial charge < -0.3 is 15.1 Å². The number of nitrogens with one attached hydrogen (secondary N) is 1. The molecule has 1 N–H and O–H groups in total. The predicted octanol–water partition coefficient (Wildman–Crippen LogP) is -0.0739. The highest BCUT2D eigenvalue weighted by molar-refractivity contribution is 5.78. The van der Waals surface area contributed by atoms with Crippen molar-refractivity contribution in [2.24, 2.45) is 0 Å². The van der Waals surface area contributed by atoms with Crippen LogP contribution in [0.25, 0.3) is 0 Å². The first-order valence-electron chi connectivity index (χ1n) is 5.41. The van der Waals surface area contributed by atoms with Gasteiger partial charge in [-0.3, -0.25) is 4.79 Å². The Kier molecular flexibility index (Phi) is 4.78. The average Bonchev–Trinajstić information content (AvgIpc) is 2.18. The van der Waals surface area contributed by atoms with E-state index in [1.807, 2.05) is 11.8 Å². The van der Waals surface area contributed by atoms with Crippen molar-refractivity contribution < 1.29 is 4.79 Å². The van der Waals surface area contributed by atoms with Gasteiger partial charge in [-0.2, -0.15) is 0 Å². The van der Waals surface area contributed by atoms with Crippen molar-refractivity contribution in [2.75, 3.05) is 46.3 Å². The van der Waals surface area contributed by atoms with Crippen LogP contribution in [-0.2, 0) is 4.79 Å². The summed E-state index contributed by atoms with van der Waals surface area (Å²) in [5.41, 5.74) is 1.06. The van der Waals surface area contributed by atoms with Gasteiger partial charge in [-0.15, -0.1) is 0 Å². The van der Waals surface area contributed by atoms with Gasteiger partial charge in [0.15, 0.2) is 0 Å². The van der Waals surface area contributed by atoms with Crippen LogP contribution in [0.2, 0.25) is 0 Å². The molecular formula is C11H21N3O. The van der Waals surface area contributed by atoms with Crippen LogP contribution in [0, 0.1) is 0 Å². The lowest BCUT2D eigenvalue weighted by Gasteiger charge is -2.32. The topological polar surface area (TPSA) is 35.6 Å². The van der Waals surface area contributed by atoms with E-state index in [0.29, 0.717) is 6.54 Å². The molecule has 0 atom stereocenters. The first kappa shape index (κ1) is 12.2. The van der Waals surface area contributed by atoms with E-state index in [4.69, 9.17) is 0 Å². The summed E-state index contributed by atoms with van der Waals surface area (Å²) in [4.78, 5) is 15.9. The SMILES string of the molecule is C=C(C)CNCC(=O)N1CCN(C)CC1. The summed E-state index contributed by atoms with van der Waals surface area (Å²) in [5, 5.41) is 3.09. The molecule has 0 aliphatic carbocycles. The first-order valence-corrected chi connectivity index (χ1v) is 5.41. The number of likely N-dealkylation sites (N-methyl/N-ethyl adjacent to an activating group) is 1. The van der Waals surface area contributed by atoms with Crippen molar-refractivity contribution in [2.45, 2.75) is 6.92 Å². The van der Waals surface area contributed by atoms with Crippen LogP contribution in [0.1, 0.15) is 6.92 Å². The molecule has 0 spiro atoms. The second kappa shape index (κ2) is 5.88. The lowest BCUT2D eigenvalue weighted by Crippen LogP contribution is -2.49. The van der Waals surface area contributed by atoms with E-state index < -0.39 is 0 Å². The molecule has 1 fully saturated rings. The van der Waals surface area contributed by atoms with Crippen molar-refractivity contribution in [1.82, 2.24) is 15.1 Å². The van der Waals surface area contributed by atoms with E-state index >= 15 is 0 Å². The molecule has 0 saturated carbocycles. The number of piperazine rings is 1. The Hall–Kier alpha value is -0.870. The molecule has 0 aromatic rings. The Labute approximate surface area is 91.9 Å². The average molecular weight is 211 g/mol. The van der Waals surface area contributed by atoms with E-state index in [1.165, 1.54) is 0 Å².